The zero-order valence-electron chi connectivity index (χ0n) is 11.5. The third-order valence-electron chi connectivity index (χ3n) is 3.10. The van der Waals surface area contributed by atoms with Crippen molar-refractivity contribution in [1.29, 1.82) is 0 Å². The molecule has 4 heteroatoms. The lowest BCUT2D eigenvalue weighted by Gasteiger charge is -2.09. The van der Waals surface area contributed by atoms with Gasteiger partial charge in [-0.2, -0.15) is 5.10 Å². The molecule has 0 aromatic carbocycles. The van der Waals surface area contributed by atoms with E-state index in [4.69, 9.17) is 0 Å². The Morgan fingerprint density at radius 1 is 1.21 bits per heavy atom. The second-order valence-electron chi connectivity index (χ2n) is 5.10. The van der Waals surface area contributed by atoms with Crippen LogP contribution in [0.3, 0.4) is 0 Å². The summed E-state index contributed by atoms with van der Waals surface area (Å²) in [5.74, 6) is 0. The van der Waals surface area contributed by atoms with Crippen LogP contribution in [0.5, 0.6) is 0 Å². The van der Waals surface area contributed by atoms with Crippen LogP contribution in [0.15, 0.2) is 36.7 Å². The van der Waals surface area contributed by atoms with Gasteiger partial charge >= 0.3 is 0 Å². The number of nitrogens with zero attached hydrogens (tertiary/aromatic N) is 3. The molecule has 0 aliphatic heterocycles. The molecule has 0 radical (unpaired) electrons. The van der Waals surface area contributed by atoms with Gasteiger partial charge in [0, 0.05) is 30.6 Å². The van der Waals surface area contributed by atoms with E-state index in [0.717, 1.165) is 17.8 Å². The summed E-state index contributed by atoms with van der Waals surface area (Å²) < 4.78 is 1.92. The maximum Gasteiger partial charge on any atom is 0.0650 e. The van der Waals surface area contributed by atoms with E-state index in [1.807, 2.05) is 35.1 Å². The van der Waals surface area contributed by atoms with Crippen molar-refractivity contribution in [3.63, 3.8) is 0 Å². The Balaban J connectivity index is 1.82. The van der Waals surface area contributed by atoms with Gasteiger partial charge in [-0.3, -0.25) is 9.67 Å². The van der Waals surface area contributed by atoms with Crippen molar-refractivity contribution in [2.45, 2.75) is 45.3 Å². The van der Waals surface area contributed by atoms with E-state index in [-0.39, 0.29) is 6.10 Å². The Morgan fingerprint density at radius 2 is 2.05 bits per heavy atom. The molecular formula is C15H21N3O. The minimum atomic E-state index is -0.363. The molecule has 0 saturated heterocycles. The first-order valence-corrected chi connectivity index (χ1v) is 6.77. The molecule has 1 N–H and O–H groups in total. The lowest BCUT2D eigenvalue weighted by Crippen LogP contribution is -2.13. The molecule has 0 aliphatic rings. The largest absolute Gasteiger partial charge is 0.393 e. The summed E-state index contributed by atoms with van der Waals surface area (Å²) in [7, 11) is 0. The standard InChI is InChI=1S/C15H21N3O/c1-12(2)18-10-8-14(17-18)11-15(19)7-6-13-5-3-4-9-16-13/h3-5,8-10,12,15,19H,6-7,11H2,1-2H3. The summed E-state index contributed by atoms with van der Waals surface area (Å²) in [5, 5.41) is 14.5. The molecule has 2 heterocycles. The van der Waals surface area contributed by atoms with Gasteiger partial charge in [-0.25, -0.2) is 0 Å². The average Bonchev–Trinajstić information content (AvgIpc) is 2.86. The number of pyridine rings is 1. The SMILES string of the molecule is CC(C)n1ccc(CC(O)CCc2ccccn2)n1. The molecule has 0 saturated carbocycles. The van der Waals surface area contributed by atoms with E-state index in [0.29, 0.717) is 18.9 Å². The number of hydrogen-bond acceptors (Lipinski definition) is 3. The van der Waals surface area contributed by atoms with E-state index in [1.54, 1.807) is 6.20 Å². The van der Waals surface area contributed by atoms with Crippen LogP contribution in [0.2, 0.25) is 0 Å². The number of aliphatic hydroxyl groups excluding tert-OH is 1. The zero-order chi connectivity index (χ0) is 13.7. The molecule has 4 nitrogen and oxygen atoms in total. The van der Waals surface area contributed by atoms with Crippen LogP contribution in [0.1, 0.15) is 37.7 Å². The first-order chi connectivity index (χ1) is 9.15. The van der Waals surface area contributed by atoms with E-state index >= 15 is 0 Å². The summed E-state index contributed by atoms with van der Waals surface area (Å²) in [6, 6.07) is 8.20. The maximum atomic E-state index is 10.0. The second-order valence-corrected chi connectivity index (χ2v) is 5.10. The molecule has 102 valence electrons. The third-order valence-corrected chi connectivity index (χ3v) is 3.10. The van der Waals surface area contributed by atoms with Crippen molar-refractivity contribution < 1.29 is 5.11 Å². The predicted octanol–water partition coefficient (Wildman–Crippen LogP) is 2.40. The van der Waals surface area contributed by atoms with Gasteiger partial charge < -0.3 is 5.11 Å². The minimum Gasteiger partial charge on any atom is -0.393 e. The molecule has 0 aliphatic carbocycles. The topological polar surface area (TPSA) is 50.9 Å². The van der Waals surface area contributed by atoms with Crippen LogP contribution in [0, 0.1) is 0 Å². The van der Waals surface area contributed by atoms with Crippen molar-refractivity contribution >= 4 is 0 Å². The van der Waals surface area contributed by atoms with Crippen LogP contribution in [-0.4, -0.2) is 26.0 Å². The number of hydrogen-bond donors (Lipinski definition) is 1. The Kier molecular flexibility index (Phi) is 4.68. The molecule has 0 amide bonds. The van der Waals surface area contributed by atoms with Gasteiger partial charge in [0.25, 0.3) is 0 Å². The third kappa shape index (κ3) is 4.17. The molecular weight excluding hydrogens is 238 g/mol. The van der Waals surface area contributed by atoms with E-state index in [9.17, 15) is 5.11 Å². The first kappa shape index (κ1) is 13.7. The van der Waals surface area contributed by atoms with Crippen molar-refractivity contribution in [3.8, 4) is 0 Å². The first-order valence-electron chi connectivity index (χ1n) is 6.77. The Bertz CT molecular complexity index is 493. The lowest BCUT2D eigenvalue weighted by molar-refractivity contribution is 0.163. The maximum absolute atomic E-state index is 10.0. The Hall–Kier alpha value is -1.68. The highest BCUT2D eigenvalue weighted by Gasteiger charge is 2.09. The molecule has 1 atom stereocenters. The predicted molar refractivity (Wildman–Crippen MR) is 74.9 cm³/mol. The van der Waals surface area contributed by atoms with Crippen LogP contribution < -0.4 is 0 Å². The highest BCUT2D eigenvalue weighted by atomic mass is 16.3. The van der Waals surface area contributed by atoms with Crippen molar-refractivity contribution in [2.24, 2.45) is 0 Å². The Morgan fingerprint density at radius 3 is 2.68 bits per heavy atom. The zero-order valence-corrected chi connectivity index (χ0v) is 11.5. The normalized spacial score (nSPS) is 12.8. The van der Waals surface area contributed by atoms with E-state index < -0.39 is 0 Å². The fourth-order valence-electron chi connectivity index (χ4n) is 1.98. The van der Waals surface area contributed by atoms with Crippen LogP contribution in [-0.2, 0) is 12.8 Å². The summed E-state index contributed by atoms with van der Waals surface area (Å²) >= 11 is 0. The van der Waals surface area contributed by atoms with Crippen molar-refractivity contribution in [3.05, 3.63) is 48.0 Å². The molecule has 0 bridgehead atoms. The lowest BCUT2D eigenvalue weighted by atomic mass is 10.1. The number of aryl methyl sites for hydroxylation is 1. The van der Waals surface area contributed by atoms with Gasteiger partial charge in [-0.1, -0.05) is 6.07 Å². The monoisotopic (exact) mass is 259 g/mol. The van der Waals surface area contributed by atoms with Gasteiger partial charge in [0.05, 0.1) is 11.8 Å². The quantitative estimate of drug-likeness (QED) is 0.866. The van der Waals surface area contributed by atoms with Crippen LogP contribution in [0.25, 0.3) is 0 Å². The van der Waals surface area contributed by atoms with Gasteiger partial charge in [0.2, 0.25) is 0 Å². The van der Waals surface area contributed by atoms with E-state index in [1.165, 1.54) is 0 Å². The molecule has 1 unspecified atom stereocenters. The number of aromatic nitrogens is 3. The van der Waals surface area contributed by atoms with E-state index in [2.05, 4.69) is 23.9 Å². The van der Waals surface area contributed by atoms with Crippen LogP contribution in [0.4, 0.5) is 0 Å². The fourth-order valence-corrected chi connectivity index (χ4v) is 1.98. The van der Waals surface area contributed by atoms with Crippen molar-refractivity contribution in [1.82, 2.24) is 14.8 Å². The van der Waals surface area contributed by atoms with Gasteiger partial charge in [-0.05, 0) is 44.9 Å². The van der Waals surface area contributed by atoms with Gasteiger partial charge in [0.15, 0.2) is 0 Å². The molecule has 2 rings (SSSR count). The molecule has 0 fully saturated rings. The van der Waals surface area contributed by atoms with Gasteiger partial charge in [-0.15, -0.1) is 0 Å². The molecule has 19 heavy (non-hydrogen) atoms. The second kappa shape index (κ2) is 6.48. The highest BCUT2D eigenvalue weighted by Crippen LogP contribution is 2.09. The highest BCUT2D eigenvalue weighted by molar-refractivity contribution is 5.05. The molecule has 0 spiro atoms. The fraction of sp³-hybridized carbons (Fsp3) is 0.467. The minimum absolute atomic E-state index is 0.361. The van der Waals surface area contributed by atoms with Crippen molar-refractivity contribution in [2.75, 3.05) is 0 Å². The molecule has 2 aromatic heterocycles. The Labute approximate surface area is 114 Å². The summed E-state index contributed by atoms with van der Waals surface area (Å²) in [6.45, 7) is 4.18. The summed E-state index contributed by atoms with van der Waals surface area (Å²) in [5.41, 5.74) is 1.97. The molecule has 2 aromatic rings. The smallest absolute Gasteiger partial charge is 0.0650 e. The average molecular weight is 259 g/mol. The number of aliphatic hydroxyl groups is 1. The number of rotatable bonds is 6. The summed E-state index contributed by atoms with van der Waals surface area (Å²) in [6.07, 6.45) is 5.50. The van der Waals surface area contributed by atoms with Gasteiger partial charge in [0.1, 0.15) is 0 Å². The summed E-state index contributed by atoms with van der Waals surface area (Å²) in [4.78, 5) is 4.25. The van der Waals surface area contributed by atoms with Crippen LogP contribution >= 0.6 is 0 Å².